The van der Waals surface area contributed by atoms with Gasteiger partial charge in [-0.25, -0.2) is 8.42 Å². The molecule has 188 valence electrons. The predicted octanol–water partition coefficient (Wildman–Crippen LogP) is 4.80. The second-order valence-electron chi connectivity index (χ2n) is 8.43. The average molecular weight is 536 g/mol. The van der Waals surface area contributed by atoms with Crippen LogP contribution in [0.25, 0.3) is 11.3 Å². The van der Waals surface area contributed by atoms with Crippen molar-refractivity contribution < 1.29 is 17.8 Å². The lowest BCUT2D eigenvalue weighted by Crippen LogP contribution is -2.29. The first-order valence-electron chi connectivity index (χ1n) is 11.1. The molecule has 0 radical (unpaired) electrons. The summed E-state index contributed by atoms with van der Waals surface area (Å²) in [5.74, 6) is 1.05. The van der Waals surface area contributed by atoms with E-state index in [4.69, 9.17) is 16.6 Å². The maximum atomic E-state index is 11.6. The van der Waals surface area contributed by atoms with E-state index >= 15 is 0 Å². The van der Waals surface area contributed by atoms with Gasteiger partial charge in [0, 0.05) is 35.3 Å². The highest BCUT2D eigenvalue weighted by atomic mass is 32.2. The maximum absolute atomic E-state index is 11.6. The molecule has 3 heterocycles. The quantitative estimate of drug-likeness (QED) is 0.195. The van der Waals surface area contributed by atoms with E-state index in [0.29, 0.717) is 33.6 Å². The van der Waals surface area contributed by atoms with Gasteiger partial charge in [-0.2, -0.15) is 0 Å². The van der Waals surface area contributed by atoms with Gasteiger partial charge in [-0.3, -0.25) is 19.8 Å². The van der Waals surface area contributed by atoms with E-state index in [1.54, 1.807) is 48.7 Å². The number of nitrogens with zero attached hydrogens (tertiary/aromatic N) is 3. The summed E-state index contributed by atoms with van der Waals surface area (Å²) in [6.45, 7) is 0. The summed E-state index contributed by atoms with van der Waals surface area (Å²) in [6.07, 6.45) is 2.78. The number of nitro groups is 1. The zero-order valence-corrected chi connectivity index (χ0v) is 21.1. The molecule has 2 aromatic carbocycles. The van der Waals surface area contributed by atoms with Crippen LogP contribution < -0.4 is 14.9 Å². The average Bonchev–Trinajstić information content (AvgIpc) is 3.49. The van der Waals surface area contributed by atoms with Gasteiger partial charge in [0.25, 0.3) is 5.69 Å². The fraction of sp³-hybridized carbons (Fsp3) is 0.120. The highest BCUT2D eigenvalue weighted by Gasteiger charge is 2.42. The number of nitro benzene ring substituents is 1. The summed E-state index contributed by atoms with van der Waals surface area (Å²) in [5.41, 5.74) is 2.43. The summed E-state index contributed by atoms with van der Waals surface area (Å²) >= 11 is 5.70. The minimum Gasteiger partial charge on any atom is -0.459 e. The summed E-state index contributed by atoms with van der Waals surface area (Å²) in [4.78, 5) is 17.2. The number of furan rings is 1. The number of thiocarbonyl (C=S) groups is 1. The third kappa shape index (κ3) is 5.15. The molecule has 0 bridgehead atoms. The molecule has 2 N–H and O–H groups in total. The summed E-state index contributed by atoms with van der Waals surface area (Å²) in [5, 5.41) is 15.0. The smallest absolute Gasteiger partial charge is 0.270 e. The number of nitrogens with one attached hydrogen (secondary N) is 2. The summed E-state index contributed by atoms with van der Waals surface area (Å²) in [7, 11) is -3.42. The Kier molecular flexibility index (Phi) is 6.36. The molecule has 0 aliphatic carbocycles. The molecule has 1 saturated heterocycles. The van der Waals surface area contributed by atoms with Crippen molar-refractivity contribution in [3.05, 3.63) is 107 Å². The first-order valence-corrected chi connectivity index (χ1v) is 13.4. The Labute approximate surface area is 218 Å². The Bertz CT molecular complexity index is 1570. The molecule has 37 heavy (non-hydrogen) atoms. The fourth-order valence-electron chi connectivity index (χ4n) is 4.27. The molecule has 1 aliphatic rings. The molecule has 5 rings (SSSR count). The highest BCUT2D eigenvalue weighted by molar-refractivity contribution is 7.92. The minimum atomic E-state index is -3.42. The van der Waals surface area contributed by atoms with Crippen molar-refractivity contribution >= 4 is 44.4 Å². The van der Waals surface area contributed by atoms with Crippen molar-refractivity contribution in [2.75, 3.05) is 15.9 Å². The third-order valence-corrected chi connectivity index (χ3v) is 6.73. The van der Waals surface area contributed by atoms with E-state index < -0.39 is 21.0 Å². The molecule has 2 aromatic heterocycles. The molecule has 1 fully saturated rings. The first kappa shape index (κ1) is 24.4. The van der Waals surface area contributed by atoms with E-state index in [1.807, 2.05) is 29.2 Å². The van der Waals surface area contributed by atoms with Gasteiger partial charge in [0.1, 0.15) is 17.6 Å². The molecular weight excluding hydrogens is 514 g/mol. The SMILES string of the molecule is CS(=O)(=O)Nc1ccc(N2C(=S)N[C@H](c3ccccn3)[C@H]2c2ccc(-c3cccc([N+](=O)[O-])c3)o2)cc1. The highest BCUT2D eigenvalue weighted by Crippen LogP contribution is 2.43. The van der Waals surface area contributed by atoms with Crippen molar-refractivity contribution in [1.82, 2.24) is 10.3 Å². The lowest BCUT2D eigenvalue weighted by Gasteiger charge is -2.26. The molecule has 0 unspecified atom stereocenters. The number of rotatable bonds is 7. The Morgan fingerprint density at radius 2 is 1.86 bits per heavy atom. The number of hydrogen-bond donors (Lipinski definition) is 2. The topological polar surface area (TPSA) is 131 Å². The molecule has 2 atom stereocenters. The molecule has 0 amide bonds. The van der Waals surface area contributed by atoms with E-state index in [0.717, 1.165) is 11.9 Å². The molecular formula is C25H21N5O5S2. The number of anilines is 2. The van der Waals surface area contributed by atoms with E-state index in [1.165, 1.54) is 12.1 Å². The van der Waals surface area contributed by atoms with Crippen LogP contribution in [-0.2, 0) is 10.0 Å². The number of sulfonamides is 1. The second-order valence-corrected chi connectivity index (χ2v) is 10.6. The Morgan fingerprint density at radius 1 is 1.08 bits per heavy atom. The van der Waals surface area contributed by atoms with E-state index in [2.05, 4.69) is 15.0 Å². The normalized spacial score (nSPS) is 17.4. The number of aromatic nitrogens is 1. The van der Waals surface area contributed by atoms with Gasteiger partial charge in [0.15, 0.2) is 5.11 Å². The van der Waals surface area contributed by atoms with Gasteiger partial charge in [0.05, 0.1) is 22.9 Å². The van der Waals surface area contributed by atoms with Crippen LogP contribution >= 0.6 is 12.2 Å². The van der Waals surface area contributed by atoms with Crippen LogP contribution in [0.4, 0.5) is 17.1 Å². The van der Waals surface area contributed by atoms with Gasteiger partial charge >= 0.3 is 0 Å². The van der Waals surface area contributed by atoms with Crippen LogP contribution in [0, 0.1) is 10.1 Å². The van der Waals surface area contributed by atoms with E-state index in [-0.39, 0.29) is 11.7 Å². The molecule has 0 spiro atoms. The second kappa shape index (κ2) is 9.64. The standard InChI is InChI=1S/C25H21N5O5S2/c1-37(33,34)28-17-8-10-18(11-9-17)29-24(23(27-25(29)36)20-7-2-3-14-26-20)22-13-12-21(35-22)16-5-4-6-19(15-16)30(31)32/h2-15,23-24,28H,1H3,(H,27,36)/t23-,24-/m1/s1. The van der Waals surface area contributed by atoms with Gasteiger partial charge in [-0.05, 0) is 60.7 Å². The predicted molar refractivity (Wildman–Crippen MR) is 144 cm³/mol. The van der Waals surface area contributed by atoms with Crippen LogP contribution in [0.3, 0.4) is 0 Å². The van der Waals surface area contributed by atoms with Crippen molar-refractivity contribution in [2.45, 2.75) is 12.1 Å². The Balaban J connectivity index is 1.55. The summed E-state index contributed by atoms with van der Waals surface area (Å²) < 4.78 is 31.9. The number of hydrogen-bond acceptors (Lipinski definition) is 7. The number of non-ortho nitro benzene ring substituents is 1. The van der Waals surface area contributed by atoms with Gasteiger partial charge < -0.3 is 14.6 Å². The lowest BCUT2D eigenvalue weighted by molar-refractivity contribution is -0.384. The molecule has 12 heteroatoms. The molecule has 0 saturated carbocycles. The molecule has 1 aliphatic heterocycles. The van der Waals surface area contributed by atoms with Crippen molar-refractivity contribution in [3.8, 4) is 11.3 Å². The van der Waals surface area contributed by atoms with Crippen LogP contribution in [0.5, 0.6) is 0 Å². The van der Waals surface area contributed by atoms with Gasteiger partial charge in [-0.15, -0.1) is 0 Å². The largest absolute Gasteiger partial charge is 0.459 e. The Hall–Kier alpha value is -4.29. The van der Waals surface area contributed by atoms with E-state index in [9.17, 15) is 18.5 Å². The lowest BCUT2D eigenvalue weighted by atomic mass is 10.0. The number of benzene rings is 2. The van der Waals surface area contributed by atoms with Crippen LogP contribution in [-0.4, -0.2) is 29.7 Å². The summed E-state index contributed by atoms with van der Waals surface area (Å²) in [6, 6.07) is 21.5. The van der Waals surface area contributed by atoms with Crippen molar-refractivity contribution in [1.29, 1.82) is 0 Å². The molecule has 4 aromatic rings. The van der Waals surface area contributed by atoms with Crippen molar-refractivity contribution in [2.24, 2.45) is 0 Å². The third-order valence-electron chi connectivity index (χ3n) is 5.81. The van der Waals surface area contributed by atoms with Gasteiger partial charge in [0.2, 0.25) is 10.0 Å². The monoisotopic (exact) mass is 535 g/mol. The zero-order valence-electron chi connectivity index (χ0n) is 19.4. The molecule has 10 nitrogen and oxygen atoms in total. The minimum absolute atomic E-state index is 0.0325. The Morgan fingerprint density at radius 3 is 2.54 bits per heavy atom. The fourth-order valence-corrected chi connectivity index (χ4v) is 5.18. The first-order chi connectivity index (χ1) is 17.7. The maximum Gasteiger partial charge on any atom is 0.270 e. The van der Waals surface area contributed by atoms with Gasteiger partial charge in [-0.1, -0.05) is 18.2 Å². The number of pyridine rings is 1. The van der Waals surface area contributed by atoms with Crippen LogP contribution in [0.2, 0.25) is 0 Å². The van der Waals surface area contributed by atoms with Crippen LogP contribution in [0.15, 0.2) is 89.5 Å². The van der Waals surface area contributed by atoms with Crippen LogP contribution in [0.1, 0.15) is 23.5 Å². The zero-order chi connectivity index (χ0) is 26.2. The van der Waals surface area contributed by atoms with Crippen molar-refractivity contribution in [3.63, 3.8) is 0 Å².